The van der Waals surface area contributed by atoms with Crippen molar-refractivity contribution < 1.29 is 17.2 Å². The molecular weight excluding hydrogens is 352 g/mol. The summed E-state index contributed by atoms with van der Waals surface area (Å²) in [5.74, 6) is -1.50. The van der Waals surface area contributed by atoms with Gasteiger partial charge in [0.2, 0.25) is 0 Å². The summed E-state index contributed by atoms with van der Waals surface area (Å²) >= 11 is 3.00. The van der Waals surface area contributed by atoms with Crippen LogP contribution in [0.3, 0.4) is 0 Å². The average molecular weight is 370 g/mol. The topological polar surface area (TPSA) is 46.2 Å². The molecule has 20 heavy (non-hydrogen) atoms. The third-order valence-corrected chi connectivity index (χ3v) is 4.40. The Labute approximate surface area is 126 Å². The van der Waals surface area contributed by atoms with Gasteiger partial charge >= 0.3 is 0 Å². The summed E-state index contributed by atoms with van der Waals surface area (Å²) in [6, 6.07) is 1.95. The van der Waals surface area contributed by atoms with E-state index in [-0.39, 0.29) is 22.2 Å². The molecule has 0 radical (unpaired) electrons. The number of hydrogen-bond donors (Lipinski definition) is 1. The molecule has 0 amide bonds. The first-order chi connectivity index (χ1) is 9.24. The Morgan fingerprint density at radius 2 is 2.00 bits per heavy atom. The van der Waals surface area contributed by atoms with Crippen LogP contribution < -0.4 is 5.32 Å². The molecule has 1 atom stereocenters. The van der Waals surface area contributed by atoms with E-state index < -0.39 is 27.5 Å². The summed E-state index contributed by atoms with van der Waals surface area (Å²) < 4.78 is 50.6. The normalized spacial score (nSPS) is 13.4. The second kappa shape index (κ2) is 7.47. The molecule has 0 bridgehead atoms. The summed E-state index contributed by atoms with van der Waals surface area (Å²) in [5, 5.41) is 3.02. The van der Waals surface area contributed by atoms with Crippen LogP contribution in [-0.2, 0) is 16.3 Å². The van der Waals surface area contributed by atoms with Gasteiger partial charge in [-0.15, -0.1) is 0 Å². The maximum Gasteiger partial charge on any atom is 0.148 e. The fourth-order valence-corrected chi connectivity index (χ4v) is 3.24. The van der Waals surface area contributed by atoms with Crippen LogP contribution in [0, 0.1) is 11.6 Å². The second-order valence-corrected chi connectivity index (χ2v) is 7.81. The molecule has 1 rings (SSSR count). The third kappa shape index (κ3) is 5.46. The van der Waals surface area contributed by atoms with Gasteiger partial charge in [-0.05, 0) is 47.4 Å². The summed E-state index contributed by atoms with van der Waals surface area (Å²) in [7, 11) is -3.23. The molecule has 3 nitrogen and oxygen atoms in total. The zero-order valence-corrected chi connectivity index (χ0v) is 13.8. The van der Waals surface area contributed by atoms with Gasteiger partial charge in [-0.2, -0.15) is 0 Å². The minimum absolute atomic E-state index is 0.00975. The van der Waals surface area contributed by atoms with Crippen molar-refractivity contribution in [2.45, 2.75) is 25.8 Å². The standard InChI is InChI=1S/C13H18BrF2NO2S/c1-3-6-17-9(8-20(2,18)19)7-10-12(15)5-4-11(14)13(10)16/h4-5,9,17H,3,6-8H2,1-2H3. The smallest absolute Gasteiger partial charge is 0.148 e. The zero-order valence-electron chi connectivity index (χ0n) is 11.4. The van der Waals surface area contributed by atoms with Crippen LogP contribution in [0.15, 0.2) is 16.6 Å². The zero-order chi connectivity index (χ0) is 15.3. The Morgan fingerprint density at radius 1 is 1.35 bits per heavy atom. The van der Waals surface area contributed by atoms with Gasteiger partial charge in [-0.25, -0.2) is 17.2 Å². The van der Waals surface area contributed by atoms with Crippen LogP contribution in [0.1, 0.15) is 18.9 Å². The predicted octanol–water partition coefficient (Wildman–Crippen LogP) is 2.68. The molecule has 0 fully saturated rings. The van der Waals surface area contributed by atoms with Gasteiger partial charge < -0.3 is 5.32 Å². The van der Waals surface area contributed by atoms with Crippen LogP contribution in [0.5, 0.6) is 0 Å². The van der Waals surface area contributed by atoms with E-state index in [0.29, 0.717) is 6.54 Å². The molecule has 1 unspecified atom stereocenters. The van der Waals surface area contributed by atoms with Gasteiger partial charge in [0.1, 0.15) is 21.5 Å². The third-order valence-electron chi connectivity index (χ3n) is 2.78. The van der Waals surface area contributed by atoms with Crippen LogP contribution in [0.25, 0.3) is 0 Å². The summed E-state index contributed by atoms with van der Waals surface area (Å²) in [4.78, 5) is 0. The van der Waals surface area contributed by atoms with Crippen LogP contribution in [0.2, 0.25) is 0 Å². The van der Waals surface area contributed by atoms with Crippen molar-refractivity contribution in [3.63, 3.8) is 0 Å². The largest absolute Gasteiger partial charge is 0.313 e. The lowest BCUT2D eigenvalue weighted by molar-refractivity contribution is 0.493. The van der Waals surface area contributed by atoms with Gasteiger partial charge in [0.05, 0.1) is 10.2 Å². The highest BCUT2D eigenvalue weighted by Crippen LogP contribution is 2.23. The van der Waals surface area contributed by atoms with E-state index in [1.807, 2.05) is 6.92 Å². The number of hydrogen-bond acceptors (Lipinski definition) is 3. The Morgan fingerprint density at radius 3 is 2.55 bits per heavy atom. The first kappa shape index (κ1) is 17.5. The SMILES string of the molecule is CCCNC(Cc1c(F)ccc(Br)c1F)CS(C)(=O)=O. The van der Waals surface area contributed by atoms with Crippen molar-refractivity contribution in [3.8, 4) is 0 Å². The molecule has 1 aromatic carbocycles. The maximum atomic E-state index is 13.9. The Hall–Kier alpha value is -0.530. The van der Waals surface area contributed by atoms with Crippen molar-refractivity contribution >= 4 is 25.8 Å². The van der Waals surface area contributed by atoms with Crippen molar-refractivity contribution in [3.05, 3.63) is 33.8 Å². The molecule has 0 saturated carbocycles. The molecule has 1 aromatic rings. The Balaban J connectivity index is 2.97. The van der Waals surface area contributed by atoms with Gasteiger partial charge in [0.25, 0.3) is 0 Å². The molecule has 7 heteroatoms. The fourth-order valence-electron chi connectivity index (χ4n) is 1.91. The minimum Gasteiger partial charge on any atom is -0.313 e. The molecule has 0 spiro atoms. The van der Waals surface area contributed by atoms with Crippen LogP contribution in [0.4, 0.5) is 8.78 Å². The van der Waals surface area contributed by atoms with Gasteiger partial charge in [-0.1, -0.05) is 6.92 Å². The lowest BCUT2D eigenvalue weighted by Gasteiger charge is -2.18. The first-order valence-electron chi connectivity index (χ1n) is 6.28. The van der Waals surface area contributed by atoms with E-state index in [9.17, 15) is 17.2 Å². The van der Waals surface area contributed by atoms with Crippen molar-refractivity contribution in [1.82, 2.24) is 5.32 Å². The molecule has 114 valence electrons. The summed E-state index contributed by atoms with van der Waals surface area (Å²) in [5.41, 5.74) is -0.100. The molecule has 0 aliphatic heterocycles. The van der Waals surface area contributed by atoms with Gasteiger partial charge in [0.15, 0.2) is 0 Å². The monoisotopic (exact) mass is 369 g/mol. The molecule has 0 saturated heterocycles. The van der Waals surface area contributed by atoms with E-state index in [2.05, 4.69) is 21.2 Å². The number of halogens is 3. The van der Waals surface area contributed by atoms with Crippen molar-refractivity contribution in [1.29, 1.82) is 0 Å². The highest BCUT2D eigenvalue weighted by molar-refractivity contribution is 9.10. The number of benzene rings is 1. The molecule has 0 heterocycles. The van der Waals surface area contributed by atoms with Crippen LogP contribution >= 0.6 is 15.9 Å². The molecule has 0 aromatic heterocycles. The van der Waals surface area contributed by atoms with Gasteiger partial charge in [-0.3, -0.25) is 0 Å². The first-order valence-corrected chi connectivity index (χ1v) is 9.13. The van der Waals surface area contributed by atoms with Gasteiger partial charge in [0, 0.05) is 17.9 Å². The fraction of sp³-hybridized carbons (Fsp3) is 0.538. The number of sulfone groups is 1. The number of nitrogens with one attached hydrogen (secondary N) is 1. The Kier molecular flexibility index (Phi) is 6.54. The molecule has 0 aliphatic rings. The summed E-state index contributed by atoms with van der Waals surface area (Å²) in [6.45, 7) is 2.53. The van der Waals surface area contributed by atoms with Crippen LogP contribution in [-0.4, -0.2) is 33.0 Å². The lowest BCUT2D eigenvalue weighted by atomic mass is 10.1. The highest BCUT2D eigenvalue weighted by Gasteiger charge is 2.20. The quantitative estimate of drug-likeness (QED) is 0.751. The predicted molar refractivity (Wildman–Crippen MR) is 79.6 cm³/mol. The van der Waals surface area contributed by atoms with Crippen molar-refractivity contribution in [2.75, 3.05) is 18.6 Å². The van der Waals surface area contributed by atoms with E-state index in [1.54, 1.807) is 0 Å². The Bertz CT molecular complexity index is 564. The second-order valence-electron chi connectivity index (χ2n) is 4.77. The molecular formula is C13H18BrF2NO2S. The highest BCUT2D eigenvalue weighted by atomic mass is 79.9. The molecule has 0 aliphatic carbocycles. The van der Waals surface area contributed by atoms with E-state index >= 15 is 0 Å². The average Bonchev–Trinajstić information content (AvgIpc) is 2.34. The molecule has 1 N–H and O–H groups in total. The minimum atomic E-state index is -3.23. The summed E-state index contributed by atoms with van der Waals surface area (Å²) in [6.07, 6.45) is 1.91. The lowest BCUT2D eigenvalue weighted by Crippen LogP contribution is -2.38. The maximum absolute atomic E-state index is 13.9. The van der Waals surface area contributed by atoms with Crippen molar-refractivity contribution in [2.24, 2.45) is 0 Å². The van der Waals surface area contributed by atoms with E-state index in [0.717, 1.165) is 12.7 Å². The van der Waals surface area contributed by atoms with E-state index in [1.165, 1.54) is 12.1 Å². The number of rotatable bonds is 7. The van der Waals surface area contributed by atoms with E-state index in [4.69, 9.17) is 0 Å².